The molecule has 1 unspecified atom stereocenters. The topological polar surface area (TPSA) is 35.8 Å². The molecule has 1 N–H and O–H groups in total. The van der Waals surface area contributed by atoms with Gasteiger partial charge < -0.3 is 0 Å². The number of nitrogens with zero attached hydrogens (tertiary/aromatic N) is 1. The van der Waals surface area contributed by atoms with Gasteiger partial charge in [0.1, 0.15) is 6.04 Å². The Hall–Kier alpha value is -1.11. The first kappa shape index (κ1) is 11.0. The SMILES string of the molecule is C=CCNC(C#N)c1cccc(Br)c1. The van der Waals surface area contributed by atoms with Gasteiger partial charge in [-0.2, -0.15) is 5.26 Å². The molecule has 72 valence electrons. The Kier molecular flexibility index (Phi) is 4.37. The minimum absolute atomic E-state index is 0.273. The summed E-state index contributed by atoms with van der Waals surface area (Å²) in [5.74, 6) is 0. The fourth-order valence-corrected chi connectivity index (χ4v) is 1.54. The molecule has 3 heteroatoms. The van der Waals surface area contributed by atoms with Gasteiger partial charge in [-0.25, -0.2) is 0 Å². The fourth-order valence-electron chi connectivity index (χ4n) is 1.13. The van der Waals surface area contributed by atoms with Crippen molar-refractivity contribution in [1.29, 1.82) is 5.26 Å². The van der Waals surface area contributed by atoms with Gasteiger partial charge in [0, 0.05) is 11.0 Å². The van der Waals surface area contributed by atoms with Gasteiger partial charge in [0.05, 0.1) is 6.07 Å². The smallest absolute Gasteiger partial charge is 0.121 e. The van der Waals surface area contributed by atoms with Crippen LogP contribution in [0.25, 0.3) is 0 Å². The second kappa shape index (κ2) is 5.58. The molecule has 0 amide bonds. The largest absolute Gasteiger partial charge is 0.295 e. The summed E-state index contributed by atoms with van der Waals surface area (Å²) < 4.78 is 0.982. The van der Waals surface area contributed by atoms with Crippen LogP contribution in [0.5, 0.6) is 0 Å². The molecule has 1 rings (SSSR count). The molecule has 1 atom stereocenters. The van der Waals surface area contributed by atoms with Crippen LogP contribution in [0.3, 0.4) is 0 Å². The molecule has 0 radical (unpaired) electrons. The predicted molar refractivity (Wildman–Crippen MR) is 60.7 cm³/mol. The van der Waals surface area contributed by atoms with Crippen molar-refractivity contribution in [2.24, 2.45) is 0 Å². The van der Waals surface area contributed by atoms with Crippen LogP contribution in [-0.4, -0.2) is 6.54 Å². The maximum absolute atomic E-state index is 8.93. The normalized spacial score (nSPS) is 11.7. The van der Waals surface area contributed by atoms with E-state index in [2.05, 4.69) is 33.9 Å². The Morgan fingerprint density at radius 2 is 2.43 bits per heavy atom. The number of hydrogen-bond donors (Lipinski definition) is 1. The summed E-state index contributed by atoms with van der Waals surface area (Å²) in [6.07, 6.45) is 1.74. The zero-order valence-corrected chi connectivity index (χ0v) is 9.29. The van der Waals surface area contributed by atoms with Gasteiger partial charge in [0.2, 0.25) is 0 Å². The van der Waals surface area contributed by atoms with E-state index in [0.29, 0.717) is 6.54 Å². The van der Waals surface area contributed by atoms with Crippen LogP contribution in [0.2, 0.25) is 0 Å². The Morgan fingerprint density at radius 3 is 3.00 bits per heavy atom. The Balaban J connectivity index is 2.79. The number of hydrogen-bond acceptors (Lipinski definition) is 2. The molecule has 2 nitrogen and oxygen atoms in total. The highest BCUT2D eigenvalue weighted by Crippen LogP contribution is 2.17. The van der Waals surface area contributed by atoms with Crippen LogP contribution in [0, 0.1) is 11.3 Å². The third-order valence-corrected chi connectivity index (χ3v) is 2.27. The fraction of sp³-hybridized carbons (Fsp3) is 0.182. The first-order valence-corrected chi connectivity index (χ1v) is 5.06. The van der Waals surface area contributed by atoms with Gasteiger partial charge in [-0.3, -0.25) is 5.32 Å². The van der Waals surface area contributed by atoms with Gasteiger partial charge in [-0.1, -0.05) is 34.1 Å². The monoisotopic (exact) mass is 250 g/mol. The highest BCUT2D eigenvalue weighted by atomic mass is 79.9. The number of benzene rings is 1. The van der Waals surface area contributed by atoms with Crippen molar-refractivity contribution in [2.75, 3.05) is 6.54 Å². The van der Waals surface area contributed by atoms with E-state index in [1.807, 2.05) is 24.3 Å². The lowest BCUT2D eigenvalue weighted by molar-refractivity contribution is 0.683. The van der Waals surface area contributed by atoms with Gasteiger partial charge in [-0.05, 0) is 17.7 Å². The second-order valence-corrected chi connectivity index (χ2v) is 3.73. The number of rotatable bonds is 4. The minimum Gasteiger partial charge on any atom is -0.295 e. The molecule has 1 aromatic carbocycles. The standard InChI is InChI=1S/C11H11BrN2/c1-2-6-14-11(8-13)9-4-3-5-10(12)7-9/h2-5,7,11,14H,1,6H2. The highest BCUT2D eigenvalue weighted by Gasteiger charge is 2.08. The van der Waals surface area contributed by atoms with Crippen molar-refractivity contribution in [3.8, 4) is 6.07 Å². The van der Waals surface area contributed by atoms with Crippen LogP contribution in [0.1, 0.15) is 11.6 Å². The molecule has 0 bridgehead atoms. The van der Waals surface area contributed by atoms with Crippen molar-refractivity contribution >= 4 is 15.9 Å². The first-order chi connectivity index (χ1) is 6.77. The average molecular weight is 251 g/mol. The van der Waals surface area contributed by atoms with E-state index in [1.165, 1.54) is 0 Å². The number of nitriles is 1. The summed E-state index contributed by atoms with van der Waals surface area (Å²) in [7, 11) is 0. The highest BCUT2D eigenvalue weighted by molar-refractivity contribution is 9.10. The van der Waals surface area contributed by atoms with Crippen molar-refractivity contribution in [3.63, 3.8) is 0 Å². The van der Waals surface area contributed by atoms with Gasteiger partial charge in [-0.15, -0.1) is 6.58 Å². The molecular formula is C11H11BrN2. The lowest BCUT2D eigenvalue weighted by atomic mass is 10.1. The predicted octanol–water partition coefficient (Wildman–Crippen LogP) is 2.79. The van der Waals surface area contributed by atoms with Crippen molar-refractivity contribution in [1.82, 2.24) is 5.32 Å². The summed E-state index contributed by atoms with van der Waals surface area (Å²) in [5, 5.41) is 12.0. The van der Waals surface area contributed by atoms with E-state index < -0.39 is 0 Å². The minimum atomic E-state index is -0.273. The molecule has 0 heterocycles. The van der Waals surface area contributed by atoms with E-state index in [4.69, 9.17) is 5.26 Å². The van der Waals surface area contributed by atoms with Gasteiger partial charge in [0.15, 0.2) is 0 Å². The van der Waals surface area contributed by atoms with Crippen LogP contribution >= 0.6 is 15.9 Å². The van der Waals surface area contributed by atoms with Crippen LogP contribution < -0.4 is 5.32 Å². The molecule has 0 aliphatic heterocycles. The maximum Gasteiger partial charge on any atom is 0.121 e. The quantitative estimate of drug-likeness (QED) is 0.835. The van der Waals surface area contributed by atoms with Crippen LogP contribution in [0.15, 0.2) is 41.4 Å². The Bertz CT molecular complexity index is 355. The van der Waals surface area contributed by atoms with E-state index in [1.54, 1.807) is 6.08 Å². The summed E-state index contributed by atoms with van der Waals surface area (Å²) in [5.41, 5.74) is 0.962. The maximum atomic E-state index is 8.93. The summed E-state index contributed by atoms with van der Waals surface area (Å²) in [6, 6.07) is 9.64. The molecule has 1 aromatic rings. The lowest BCUT2D eigenvalue weighted by Gasteiger charge is -2.10. The molecule has 0 aromatic heterocycles. The molecule has 0 spiro atoms. The third kappa shape index (κ3) is 2.99. The Morgan fingerprint density at radius 1 is 1.64 bits per heavy atom. The third-order valence-electron chi connectivity index (χ3n) is 1.78. The van der Waals surface area contributed by atoms with Crippen molar-refractivity contribution < 1.29 is 0 Å². The van der Waals surface area contributed by atoms with Crippen LogP contribution in [0.4, 0.5) is 0 Å². The van der Waals surface area contributed by atoms with Crippen molar-refractivity contribution in [2.45, 2.75) is 6.04 Å². The second-order valence-electron chi connectivity index (χ2n) is 2.81. The number of halogens is 1. The molecule has 0 aliphatic rings. The molecule has 14 heavy (non-hydrogen) atoms. The van der Waals surface area contributed by atoms with Crippen molar-refractivity contribution in [3.05, 3.63) is 47.0 Å². The summed E-state index contributed by atoms with van der Waals surface area (Å²) >= 11 is 3.37. The molecule has 0 saturated carbocycles. The van der Waals surface area contributed by atoms with E-state index in [0.717, 1.165) is 10.0 Å². The zero-order valence-electron chi connectivity index (χ0n) is 7.70. The number of nitrogens with one attached hydrogen (secondary N) is 1. The molecule has 0 saturated heterocycles. The van der Waals surface area contributed by atoms with E-state index in [-0.39, 0.29) is 6.04 Å². The lowest BCUT2D eigenvalue weighted by Crippen LogP contribution is -2.19. The molecular weight excluding hydrogens is 240 g/mol. The Labute approximate surface area is 92.4 Å². The summed E-state index contributed by atoms with van der Waals surface area (Å²) in [4.78, 5) is 0. The first-order valence-electron chi connectivity index (χ1n) is 4.27. The van der Waals surface area contributed by atoms with Gasteiger partial charge in [0.25, 0.3) is 0 Å². The zero-order chi connectivity index (χ0) is 10.4. The summed E-state index contributed by atoms with van der Waals surface area (Å²) in [6.45, 7) is 4.23. The van der Waals surface area contributed by atoms with Crippen LogP contribution in [-0.2, 0) is 0 Å². The molecule has 0 fully saturated rings. The van der Waals surface area contributed by atoms with Gasteiger partial charge >= 0.3 is 0 Å². The van der Waals surface area contributed by atoms with E-state index >= 15 is 0 Å². The van der Waals surface area contributed by atoms with E-state index in [9.17, 15) is 0 Å². The molecule has 0 aliphatic carbocycles. The average Bonchev–Trinajstić information content (AvgIpc) is 2.19.